The first-order chi connectivity index (χ1) is 8.77. The number of benzene rings is 1. The number of halogens is 1. The van der Waals surface area contributed by atoms with E-state index in [1.165, 1.54) is 0 Å². The molecule has 1 aromatic heterocycles. The Hall–Kier alpha value is -2.40. The maximum absolute atomic E-state index is 13.2. The van der Waals surface area contributed by atoms with Crippen LogP contribution in [0.1, 0.15) is 0 Å². The molecule has 0 radical (unpaired) electrons. The molecule has 0 aliphatic carbocycles. The molecule has 1 aromatic carbocycles. The van der Waals surface area contributed by atoms with Gasteiger partial charge in [0.15, 0.2) is 5.82 Å². The molecule has 0 spiro atoms. The number of aromatic nitrogens is 3. The first-order valence-corrected chi connectivity index (χ1v) is 6.22. The molecule has 3 N–H and O–H groups in total. The van der Waals surface area contributed by atoms with Crippen molar-refractivity contribution in [2.45, 2.75) is 5.16 Å². The predicted octanol–water partition coefficient (Wildman–Crippen LogP) is 0.166. The Balaban J connectivity index is 2.53. The third-order valence-corrected chi connectivity index (χ3v) is 2.81. The summed E-state index contributed by atoms with van der Waals surface area (Å²) in [6, 6.07) is 2.67. The number of rotatable bonds is 3. The van der Waals surface area contributed by atoms with Crippen LogP contribution in [0.5, 0.6) is 0 Å². The molecule has 11 heteroatoms. The molecule has 0 saturated heterocycles. The minimum absolute atomic E-state index is 0.0437. The Morgan fingerprint density at radius 3 is 2.58 bits per heavy atom. The molecule has 100 valence electrons. The van der Waals surface area contributed by atoms with Crippen molar-refractivity contribution in [3.05, 3.63) is 34.1 Å². The van der Waals surface area contributed by atoms with Gasteiger partial charge in [-0.15, -0.1) is 0 Å². The van der Waals surface area contributed by atoms with Gasteiger partial charge in [0.1, 0.15) is 5.82 Å². The summed E-state index contributed by atoms with van der Waals surface area (Å²) >= 11 is 0. The summed E-state index contributed by atoms with van der Waals surface area (Å²) in [5.74, 6) is -1.09. The number of hydrogen-bond acceptors (Lipinski definition) is 6. The van der Waals surface area contributed by atoms with Gasteiger partial charge < -0.3 is 0 Å². The van der Waals surface area contributed by atoms with Crippen LogP contribution in [-0.2, 0) is 10.0 Å². The number of nitrogens with one attached hydrogen (secondary N) is 1. The molecule has 0 fully saturated rings. The van der Waals surface area contributed by atoms with Crippen LogP contribution in [0.3, 0.4) is 0 Å². The Morgan fingerprint density at radius 2 is 2.05 bits per heavy atom. The molecule has 9 nitrogen and oxygen atoms in total. The number of aromatic amines is 1. The highest BCUT2D eigenvalue weighted by molar-refractivity contribution is 7.89. The van der Waals surface area contributed by atoms with Gasteiger partial charge in [-0.3, -0.25) is 10.1 Å². The Kier molecular flexibility index (Phi) is 3.00. The maximum atomic E-state index is 13.2. The molecular weight excluding hydrogens is 281 g/mol. The highest BCUT2D eigenvalue weighted by atomic mass is 32.2. The fourth-order valence-corrected chi connectivity index (χ4v) is 1.70. The molecule has 0 unspecified atom stereocenters. The summed E-state index contributed by atoms with van der Waals surface area (Å²) in [5.41, 5.74) is -0.546. The van der Waals surface area contributed by atoms with E-state index >= 15 is 0 Å². The summed E-state index contributed by atoms with van der Waals surface area (Å²) in [6.45, 7) is 0. The predicted molar refractivity (Wildman–Crippen MR) is 59.8 cm³/mol. The monoisotopic (exact) mass is 287 g/mol. The van der Waals surface area contributed by atoms with E-state index in [0.717, 1.165) is 18.2 Å². The van der Waals surface area contributed by atoms with Crippen LogP contribution in [0.4, 0.5) is 10.1 Å². The quantitative estimate of drug-likeness (QED) is 0.607. The number of nitrogens with two attached hydrogens (primary N) is 1. The molecule has 2 aromatic rings. The standard InChI is InChI=1S/C8H6FN5O4S/c9-5-1-4(2-6(3-5)14(15)16)7-11-8(13-12-7)19(10,17)18/h1-3H,(H2,10,17,18)(H,11,12,13). The average Bonchev–Trinajstić information content (AvgIpc) is 2.76. The number of sulfonamides is 1. The topological polar surface area (TPSA) is 145 Å². The second-order valence-corrected chi connectivity index (χ2v) is 4.94. The number of nitro benzene ring substituents is 1. The summed E-state index contributed by atoms with van der Waals surface area (Å²) in [4.78, 5) is 13.3. The fraction of sp³-hybridized carbons (Fsp3) is 0. The molecule has 0 aliphatic heterocycles. The van der Waals surface area contributed by atoms with E-state index in [0.29, 0.717) is 0 Å². The molecule has 0 amide bonds. The number of nitro groups is 1. The zero-order valence-corrected chi connectivity index (χ0v) is 9.89. The van der Waals surface area contributed by atoms with Crippen LogP contribution in [-0.4, -0.2) is 28.5 Å². The van der Waals surface area contributed by atoms with E-state index < -0.39 is 31.6 Å². The second kappa shape index (κ2) is 4.37. The van der Waals surface area contributed by atoms with Gasteiger partial charge in [0.2, 0.25) is 0 Å². The van der Waals surface area contributed by atoms with Crippen LogP contribution in [0.25, 0.3) is 11.4 Å². The highest BCUT2D eigenvalue weighted by Gasteiger charge is 2.17. The Morgan fingerprint density at radius 1 is 1.37 bits per heavy atom. The normalized spacial score (nSPS) is 11.5. The number of primary sulfonamides is 1. The van der Waals surface area contributed by atoms with Crippen molar-refractivity contribution in [1.29, 1.82) is 0 Å². The maximum Gasteiger partial charge on any atom is 0.273 e. The first-order valence-electron chi connectivity index (χ1n) is 4.68. The molecule has 0 atom stereocenters. The van der Waals surface area contributed by atoms with Crippen LogP contribution in [0.2, 0.25) is 0 Å². The third-order valence-electron chi connectivity index (χ3n) is 2.09. The molecule has 0 bridgehead atoms. The smallest absolute Gasteiger partial charge is 0.258 e. The van der Waals surface area contributed by atoms with Crippen molar-refractivity contribution >= 4 is 15.7 Å². The van der Waals surface area contributed by atoms with Gasteiger partial charge in [0, 0.05) is 11.6 Å². The van der Waals surface area contributed by atoms with Gasteiger partial charge >= 0.3 is 0 Å². The minimum Gasteiger partial charge on any atom is -0.258 e. The lowest BCUT2D eigenvalue weighted by atomic mass is 10.2. The molecular formula is C8H6FN5O4S. The molecule has 2 rings (SSSR count). The zero-order valence-electron chi connectivity index (χ0n) is 9.07. The van der Waals surface area contributed by atoms with Crippen LogP contribution >= 0.6 is 0 Å². The van der Waals surface area contributed by atoms with E-state index in [4.69, 9.17) is 5.14 Å². The van der Waals surface area contributed by atoms with Crippen molar-refractivity contribution < 1.29 is 17.7 Å². The van der Waals surface area contributed by atoms with E-state index in [1.807, 2.05) is 5.10 Å². The lowest BCUT2D eigenvalue weighted by Crippen LogP contribution is -2.13. The van der Waals surface area contributed by atoms with Gasteiger partial charge in [0.05, 0.1) is 11.0 Å². The minimum atomic E-state index is -4.08. The van der Waals surface area contributed by atoms with Crippen LogP contribution in [0.15, 0.2) is 23.4 Å². The fourth-order valence-electron chi connectivity index (χ4n) is 1.31. The lowest BCUT2D eigenvalue weighted by Gasteiger charge is -1.96. The molecule has 0 saturated carbocycles. The lowest BCUT2D eigenvalue weighted by molar-refractivity contribution is -0.385. The summed E-state index contributed by atoms with van der Waals surface area (Å²) in [5, 5.41) is 20.3. The van der Waals surface area contributed by atoms with Crippen LogP contribution in [0, 0.1) is 15.9 Å². The molecule has 19 heavy (non-hydrogen) atoms. The van der Waals surface area contributed by atoms with Gasteiger partial charge in [0.25, 0.3) is 20.9 Å². The number of H-pyrrole nitrogens is 1. The summed E-state index contributed by atoms with van der Waals surface area (Å²) in [7, 11) is -4.08. The van der Waals surface area contributed by atoms with Gasteiger partial charge in [-0.05, 0) is 6.07 Å². The molecule has 1 heterocycles. The number of nitrogens with zero attached hydrogens (tertiary/aromatic N) is 3. The second-order valence-electron chi connectivity index (χ2n) is 3.46. The Bertz CT molecular complexity index is 756. The van der Waals surface area contributed by atoms with Crippen molar-refractivity contribution in [2.24, 2.45) is 5.14 Å². The highest BCUT2D eigenvalue weighted by Crippen LogP contribution is 2.23. The van der Waals surface area contributed by atoms with Crippen molar-refractivity contribution in [3.8, 4) is 11.4 Å². The largest absolute Gasteiger partial charge is 0.273 e. The van der Waals surface area contributed by atoms with E-state index in [9.17, 15) is 22.9 Å². The zero-order chi connectivity index (χ0) is 14.2. The SMILES string of the molecule is NS(=O)(=O)c1nc(-c2cc(F)cc([N+](=O)[O-])c2)n[nH]1. The van der Waals surface area contributed by atoms with Gasteiger partial charge in [-0.25, -0.2) is 23.0 Å². The Labute approximate surface area is 105 Å². The third kappa shape index (κ3) is 2.71. The van der Waals surface area contributed by atoms with Crippen molar-refractivity contribution in [2.75, 3.05) is 0 Å². The average molecular weight is 287 g/mol. The summed E-state index contributed by atoms with van der Waals surface area (Å²) < 4.78 is 35.2. The number of hydrogen-bond donors (Lipinski definition) is 2. The van der Waals surface area contributed by atoms with E-state index in [2.05, 4.69) is 10.1 Å². The van der Waals surface area contributed by atoms with Crippen molar-refractivity contribution in [3.63, 3.8) is 0 Å². The first kappa shape index (κ1) is 13.0. The van der Waals surface area contributed by atoms with Crippen molar-refractivity contribution in [1.82, 2.24) is 15.2 Å². The molecule has 0 aliphatic rings. The number of non-ortho nitro benzene ring substituents is 1. The van der Waals surface area contributed by atoms with E-state index in [1.54, 1.807) is 0 Å². The van der Waals surface area contributed by atoms with Gasteiger partial charge in [-0.2, -0.15) is 10.1 Å². The van der Waals surface area contributed by atoms with Gasteiger partial charge in [-0.1, -0.05) is 0 Å². The summed E-state index contributed by atoms with van der Waals surface area (Å²) in [6.07, 6.45) is 0. The van der Waals surface area contributed by atoms with Crippen LogP contribution < -0.4 is 5.14 Å². The van der Waals surface area contributed by atoms with E-state index in [-0.39, 0.29) is 11.4 Å².